The van der Waals surface area contributed by atoms with Crippen LogP contribution in [0, 0.1) is 13.8 Å². The molecule has 2 heterocycles. The lowest BCUT2D eigenvalue weighted by Gasteiger charge is -2.19. The van der Waals surface area contributed by atoms with E-state index in [1.54, 1.807) is 11.1 Å². The Morgan fingerprint density at radius 1 is 0.951 bits per heavy atom. The molecule has 1 fully saturated rings. The van der Waals surface area contributed by atoms with E-state index in [0.29, 0.717) is 44.6 Å². The first-order chi connectivity index (χ1) is 19.8. The summed E-state index contributed by atoms with van der Waals surface area (Å²) in [7, 11) is 1.98. The van der Waals surface area contributed by atoms with Gasteiger partial charge in [-0.3, -0.25) is 9.69 Å². The Kier molecular flexibility index (Phi) is 8.98. The molecule has 9 heteroatoms. The summed E-state index contributed by atoms with van der Waals surface area (Å²) in [5, 5.41) is 1.74. The minimum atomic E-state index is -0.170. The molecular weight excluding hydrogens is 575 g/mol. The van der Waals surface area contributed by atoms with E-state index >= 15 is 0 Å². The monoisotopic (exact) mass is 602 g/mol. The smallest absolute Gasteiger partial charge is 0.271 e. The lowest BCUT2D eigenvalue weighted by Crippen LogP contribution is -2.29. The second kappa shape index (κ2) is 12.8. The summed E-state index contributed by atoms with van der Waals surface area (Å²) in [4.78, 5) is 27.2. The van der Waals surface area contributed by atoms with Crippen LogP contribution in [0.2, 0.25) is 10.0 Å². The van der Waals surface area contributed by atoms with Crippen molar-refractivity contribution in [2.24, 2.45) is 4.99 Å². The summed E-state index contributed by atoms with van der Waals surface area (Å²) in [6.45, 7) is 5.01. The standard InChI is InChI=1S/C32H28Cl2N4O2S/c1-21-25(33)8-6-10-27(21)36-32-38(28-11-7-9-26(34)22(28)2)31(39)29(41-32)20-23-13-15-24(16-14-23)40-19-18-37(3)30-12-4-5-17-35-30/h4-17,20H,18-19H2,1-3H3/b29-20-,36-32?. The van der Waals surface area contributed by atoms with Crippen molar-refractivity contribution >= 4 is 69.3 Å². The van der Waals surface area contributed by atoms with Crippen LogP contribution >= 0.6 is 35.0 Å². The highest BCUT2D eigenvalue weighted by Crippen LogP contribution is 2.40. The van der Waals surface area contributed by atoms with Crippen molar-refractivity contribution in [3.05, 3.63) is 117 Å². The predicted molar refractivity (Wildman–Crippen MR) is 172 cm³/mol. The Hall–Kier alpha value is -3.78. The molecule has 1 saturated heterocycles. The number of likely N-dealkylation sites (N-methyl/N-ethyl adjacent to an activating group) is 1. The van der Waals surface area contributed by atoms with Crippen molar-refractivity contribution in [2.75, 3.05) is 30.0 Å². The van der Waals surface area contributed by atoms with E-state index < -0.39 is 0 Å². The third kappa shape index (κ3) is 6.59. The first-order valence-corrected chi connectivity index (χ1v) is 14.6. The molecule has 1 aliphatic rings. The summed E-state index contributed by atoms with van der Waals surface area (Å²) in [5.74, 6) is 1.48. The van der Waals surface area contributed by atoms with E-state index in [4.69, 9.17) is 32.9 Å². The molecule has 3 aromatic carbocycles. The van der Waals surface area contributed by atoms with Crippen LogP contribution < -0.4 is 14.5 Å². The van der Waals surface area contributed by atoms with Crippen LogP contribution in [0.1, 0.15) is 16.7 Å². The average molecular weight is 604 g/mol. The number of aliphatic imine (C=N–C) groups is 1. The largest absolute Gasteiger partial charge is 0.492 e. The van der Waals surface area contributed by atoms with E-state index in [0.717, 1.165) is 28.3 Å². The maximum absolute atomic E-state index is 13.8. The van der Waals surface area contributed by atoms with Crippen molar-refractivity contribution in [3.63, 3.8) is 0 Å². The number of aromatic nitrogens is 1. The molecule has 0 aliphatic carbocycles. The Balaban J connectivity index is 1.36. The van der Waals surface area contributed by atoms with Crippen molar-refractivity contribution in [3.8, 4) is 5.75 Å². The van der Waals surface area contributed by atoms with Gasteiger partial charge in [-0.1, -0.05) is 53.5 Å². The van der Waals surface area contributed by atoms with E-state index in [1.807, 2.05) is 111 Å². The molecule has 1 amide bonds. The number of pyridine rings is 1. The van der Waals surface area contributed by atoms with Crippen LogP contribution in [0.5, 0.6) is 5.75 Å². The highest BCUT2D eigenvalue weighted by Gasteiger charge is 2.36. The van der Waals surface area contributed by atoms with Gasteiger partial charge in [0.15, 0.2) is 5.17 Å². The summed E-state index contributed by atoms with van der Waals surface area (Å²) >= 11 is 14.1. The number of carbonyl (C=O) groups excluding carboxylic acids is 1. The molecule has 1 aromatic heterocycles. The fourth-order valence-electron chi connectivity index (χ4n) is 4.23. The summed E-state index contributed by atoms with van der Waals surface area (Å²) < 4.78 is 5.93. The van der Waals surface area contributed by atoms with Gasteiger partial charge >= 0.3 is 0 Å². The first-order valence-electron chi connectivity index (χ1n) is 13.0. The summed E-state index contributed by atoms with van der Waals surface area (Å²) in [6.07, 6.45) is 3.64. The van der Waals surface area contributed by atoms with Crippen LogP contribution in [-0.2, 0) is 4.79 Å². The molecule has 0 bridgehead atoms. The number of ether oxygens (including phenoxy) is 1. The Morgan fingerprint density at radius 2 is 1.68 bits per heavy atom. The Bertz CT molecular complexity index is 1630. The molecule has 0 N–H and O–H groups in total. The van der Waals surface area contributed by atoms with Crippen molar-refractivity contribution < 1.29 is 9.53 Å². The van der Waals surface area contributed by atoms with Crippen LogP contribution in [-0.4, -0.2) is 36.3 Å². The number of anilines is 2. The molecule has 0 atom stereocenters. The number of carbonyl (C=O) groups is 1. The van der Waals surface area contributed by atoms with Gasteiger partial charge < -0.3 is 9.64 Å². The Labute approximate surface area is 254 Å². The van der Waals surface area contributed by atoms with E-state index in [-0.39, 0.29) is 5.91 Å². The van der Waals surface area contributed by atoms with Crippen LogP contribution in [0.15, 0.2) is 95.0 Å². The molecule has 0 unspecified atom stereocenters. The number of halogens is 2. The number of nitrogens with zero attached hydrogens (tertiary/aromatic N) is 4. The Morgan fingerprint density at radius 3 is 2.41 bits per heavy atom. The molecular formula is C32H28Cl2N4O2S. The van der Waals surface area contributed by atoms with Gasteiger partial charge in [0.25, 0.3) is 5.91 Å². The van der Waals surface area contributed by atoms with Crippen LogP contribution in [0.25, 0.3) is 6.08 Å². The SMILES string of the molecule is Cc1c(Cl)cccc1N=C1S/C(=C\c2ccc(OCCN(C)c3ccccn3)cc2)C(=O)N1c1cccc(Cl)c1C. The number of benzene rings is 3. The van der Waals surface area contributed by atoms with Crippen LogP contribution in [0.3, 0.4) is 0 Å². The highest BCUT2D eigenvalue weighted by atomic mass is 35.5. The number of amidine groups is 1. The van der Waals surface area contributed by atoms with E-state index in [9.17, 15) is 4.79 Å². The van der Waals surface area contributed by atoms with Gasteiger partial charge in [-0.2, -0.15) is 0 Å². The minimum absolute atomic E-state index is 0.170. The second-order valence-electron chi connectivity index (χ2n) is 9.44. The number of hydrogen-bond donors (Lipinski definition) is 0. The molecule has 1 aliphatic heterocycles. The van der Waals surface area contributed by atoms with Crippen LogP contribution in [0.4, 0.5) is 17.2 Å². The molecule has 6 nitrogen and oxygen atoms in total. The number of amides is 1. The molecule has 5 rings (SSSR count). The van der Waals surface area contributed by atoms with E-state index in [1.165, 1.54) is 11.8 Å². The van der Waals surface area contributed by atoms with Gasteiger partial charge in [0.1, 0.15) is 18.2 Å². The predicted octanol–water partition coefficient (Wildman–Crippen LogP) is 8.33. The number of hydrogen-bond acceptors (Lipinski definition) is 6. The molecule has 0 saturated carbocycles. The molecule has 41 heavy (non-hydrogen) atoms. The zero-order valence-corrected chi connectivity index (χ0v) is 25.2. The van der Waals surface area contributed by atoms with Gasteiger partial charge in [0.05, 0.1) is 22.8 Å². The highest BCUT2D eigenvalue weighted by molar-refractivity contribution is 8.19. The zero-order valence-electron chi connectivity index (χ0n) is 22.8. The lowest BCUT2D eigenvalue weighted by molar-refractivity contribution is -0.113. The summed E-state index contributed by atoms with van der Waals surface area (Å²) in [5.41, 5.74) is 3.92. The van der Waals surface area contributed by atoms with Gasteiger partial charge in [0.2, 0.25) is 0 Å². The number of thioether (sulfide) groups is 1. The van der Waals surface area contributed by atoms with Crippen molar-refractivity contribution in [1.82, 2.24) is 4.98 Å². The minimum Gasteiger partial charge on any atom is -0.492 e. The molecule has 4 aromatic rings. The van der Waals surface area contributed by atoms with Crippen molar-refractivity contribution in [2.45, 2.75) is 13.8 Å². The maximum Gasteiger partial charge on any atom is 0.271 e. The summed E-state index contributed by atoms with van der Waals surface area (Å²) in [6, 6.07) is 24.6. The fourth-order valence-corrected chi connectivity index (χ4v) is 5.55. The zero-order chi connectivity index (χ0) is 28.9. The second-order valence-corrected chi connectivity index (χ2v) is 11.3. The van der Waals surface area contributed by atoms with Crippen molar-refractivity contribution in [1.29, 1.82) is 0 Å². The topological polar surface area (TPSA) is 58.0 Å². The van der Waals surface area contributed by atoms with Gasteiger partial charge in [-0.25, -0.2) is 9.98 Å². The lowest BCUT2D eigenvalue weighted by atomic mass is 10.1. The average Bonchev–Trinajstić information content (AvgIpc) is 3.27. The number of rotatable bonds is 8. The molecule has 0 spiro atoms. The molecule has 0 radical (unpaired) electrons. The van der Waals surface area contributed by atoms with Gasteiger partial charge in [0, 0.05) is 23.3 Å². The van der Waals surface area contributed by atoms with E-state index in [2.05, 4.69) is 4.98 Å². The van der Waals surface area contributed by atoms with Gasteiger partial charge in [-0.15, -0.1) is 0 Å². The third-order valence-electron chi connectivity index (χ3n) is 6.66. The normalized spacial score (nSPS) is 15.1. The first kappa shape index (κ1) is 28.7. The van der Waals surface area contributed by atoms with Gasteiger partial charge in [-0.05, 0) is 96.9 Å². The maximum atomic E-state index is 13.8. The quantitative estimate of drug-likeness (QED) is 0.190. The molecule has 208 valence electrons. The third-order valence-corrected chi connectivity index (χ3v) is 8.44. The fraction of sp³-hybridized carbons (Fsp3) is 0.156.